The molecule has 1 aliphatic heterocycles. The second-order valence-corrected chi connectivity index (χ2v) is 4.98. The van der Waals surface area contributed by atoms with Gasteiger partial charge in [-0.25, -0.2) is 4.98 Å². The maximum absolute atomic E-state index is 13.7. The summed E-state index contributed by atoms with van der Waals surface area (Å²) in [6, 6.07) is 9.06. The molecule has 1 aromatic heterocycles. The molecule has 0 fully saturated rings. The molecule has 2 heterocycles. The summed E-state index contributed by atoms with van der Waals surface area (Å²) in [5.41, 5.74) is 3.14. The number of carbonyl (C=O) groups is 1. The second-order valence-electron chi connectivity index (χ2n) is 4.98. The molecule has 4 heteroatoms. The predicted octanol–water partition coefficient (Wildman–Crippen LogP) is 3.12. The Morgan fingerprint density at radius 2 is 2.15 bits per heavy atom. The van der Waals surface area contributed by atoms with E-state index in [1.54, 1.807) is 11.0 Å². The molecule has 1 amide bonds. The van der Waals surface area contributed by atoms with Crippen molar-refractivity contribution < 1.29 is 9.18 Å². The van der Waals surface area contributed by atoms with Gasteiger partial charge < -0.3 is 4.90 Å². The molecule has 102 valence electrons. The summed E-state index contributed by atoms with van der Waals surface area (Å²) in [6.07, 6.45) is 3.20. The summed E-state index contributed by atoms with van der Waals surface area (Å²) in [4.78, 5) is 17.8. The molecule has 2 aromatic rings. The molecule has 0 saturated carbocycles. The minimum atomic E-state index is -0.710. The van der Waals surface area contributed by atoms with E-state index in [-0.39, 0.29) is 11.5 Å². The third-order valence-corrected chi connectivity index (χ3v) is 3.65. The number of fused-ring (bicyclic) bond motifs is 1. The predicted molar refractivity (Wildman–Crippen MR) is 75.4 cm³/mol. The van der Waals surface area contributed by atoms with Crippen LogP contribution in [0.4, 0.5) is 10.1 Å². The fourth-order valence-corrected chi connectivity index (χ4v) is 2.74. The van der Waals surface area contributed by atoms with Crippen LogP contribution in [-0.2, 0) is 6.42 Å². The summed E-state index contributed by atoms with van der Waals surface area (Å²) < 4.78 is 13.7. The number of para-hydroxylation sites is 1. The first kappa shape index (κ1) is 12.8. The van der Waals surface area contributed by atoms with Crippen LogP contribution in [0.2, 0.25) is 0 Å². The van der Waals surface area contributed by atoms with E-state index >= 15 is 0 Å². The van der Waals surface area contributed by atoms with E-state index in [0.717, 1.165) is 29.7 Å². The third-order valence-electron chi connectivity index (χ3n) is 3.65. The molecule has 3 nitrogen and oxygen atoms in total. The van der Waals surface area contributed by atoms with Gasteiger partial charge in [0.1, 0.15) is 0 Å². The first-order valence-corrected chi connectivity index (χ1v) is 6.69. The lowest BCUT2D eigenvalue weighted by molar-refractivity contribution is 0.0980. The highest BCUT2D eigenvalue weighted by molar-refractivity contribution is 6.07. The van der Waals surface area contributed by atoms with E-state index in [2.05, 4.69) is 4.98 Å². The number of rotatable bonds is 1. The number of aromatic nitrogens is 1. The van der Waals surface area contributed by atoms with Gasteiger partial charge in [-0.2, -0.15) is 4.39 Å². The van der Waals surface area contributed by atoms with Gasteiger partial charge in [0.15, 0.2) is 0 Å². The van der Waals surface area contributed by atoms with Gasteiger partial charge >= 0.3 is 0 Å². The smallest absolute Gasteiger partial charge is 0.262 e. The fraction of sp³-hybridized carbons (Fsp3) is 0.250. The molecule has 1 aliphatic rings. The number of hydrogen-bond donors (Lipinski definition) is 0. The van der Waals surface area contributed by atoms with Crippen molar-refractivity contribution >= 4 is 11.6 Å². The number of carbonyl (C=O) groups excluding carboxylic acids is 1. The maximum atomic E-state index is 13.7. The van der Waals surface area contributed by atoms with Crippen LogP contribution >= 0.6 is 0 Å². The van der Waals surface area contributed by atoms with E-state index in [1.165, 1.54) is 12.3 Å². The number of hydrogen-bond acceptors (Lipinski definition) is 2. The Labute approximate surface area is 117 Å². The zero-order valence-corrected chi connectivity index (χ0v) is 11.3. The summed E-state index contributed by atoms with van der Waals surface area (Å²) >= 11 is 0. The first-order chi connectivity index (χ1) is 9.68. The molecule has 3 rings (SSSR count). The minimum absolute atomic E-state index is 0.0311. The number of nitrogens with zero attached hydrogens (tertiary/aromatic N) is 2. The van der Waals surface area contributed by atoms with E-state index in [1.807, 2.05) is 25.1 Å². The molecule has 0 atom stereocenters. The zero-order valence-electron chi connectivity index (χ0n) is 11.3. The van der Waals surface area contributed by atoms with Crippen LogP contribution in [0, 0.1) is 12.9 Å². The first-order valence-electron chi connectivity index (χ1n) is 6.69. The summed E-state index contributed by atoms with van der Waals surface area (Å²) in [6.45, 7) is 2.59. The Hall–Kier alpha value is -2.23. The lowest BCUT2D eigenvalue weighted by Crippen LogP contribution is -2.36. The van der Waals surface area contributed by atoms with Gasteiger partial charge in [-0.05, 0) is 43.0 Å². The van der Waals surface area contributed by atoms with Gasteiger partial charge in [0.2, 0.25) is 5.95 Å². The number of aryl methyl sites for hydroxylation is 2. The van der Waals surface area contributed by atoms with Gasteiger partial charge in [0.25, 0.3) is 5.91 Å². The highest BCUT2D eigenvalue weighted by Gasteiger charge is 2.26. The number of anilines is 1. The maximum Gasteiger partial charge on any atom is 0.262 e. The lowest BCUT2D eigenvalue weighted by Gasteiger charge is -2.31. The molecule has 0 saturated heterocycles. The summed E-state index contributed by atoms with van der Waals surface area (Å²) in [7, 11) is 0. The molecule has 0 N–H and O–H groups in total. The molecule has 0 aliphatic carbocycles. The fourth-order valence-electron chi connectivity index (χ4n) is 2.74. The van der Waals surface area contributed by atoms with Gasteiger partial charge in [-0.3, -0.25) is 4.79 Å². The van der Waals surface area contributed by atoms with Crippen molar-refractivity contribution in [1.82, 2.24) is 4.98 Å². The van der Waals surface area contributed by atoms with E-state index in [0.29, 0.717) is 6.54 Å². The van der Waals surface area contributed by atoms with E-state index in [9.17, 15) is 9.18 Å². The van der Waals surface area contributed by atoms with Crippen molar-refractivity contribution in [2.75, 3.05) is 11.4 Å². The van der Waals surface area contributed by atoms with Gasteiger partial charge in [-0.15, -0.1) is 0 Å². The quantitative estimate of drug-likeness (QED) is 0.746. The number of benzene rings is 1. The number of pyridine rings is 1. The average molecular weight is 270 g/mol. The molecule has 0 unspecified atom stereocenters. The van der Waals surface area contributed by atoms with Crippen molar-refractivity contribution in [1.29, 1.82) is 0 Å². The van der Waals surface area contributed by atoms with Gasteiger partial charge in [0.05, 0.1) is 11.3 Å². The van der Waals surface area contributed by atoms with Crippen molar-refractivity contribution in [3.05, 3.63) is 59.2 Å². The molecular formula is C16H15FN2O. The van der Waals surface area contributed by atoms with Gasteiger partial charge in [-0.1, -0.05) is 18.2 Å². The zero-order chi connectivity index (χ0) is 14.1. The van der Waals surface area contributed by atoms with Crippen molar-refractivity contribution in [2.45, 2.75) is 19.8 Å². The Balaban J connectivity index is 2.05. The molecule has 0 radical (unpaired) electrons. The number of halogens is 1. The van der Waals surface area contributed by atoms with Crippen molar-refractivity contribution in [2.24, 2.45) is 0 Å². The SMILES string of the molecule is Cc1cccc2c1N(C(=O)c1cccnc1F)CCC2. The Morgan fingerprint density at radius 3 is 2.95 bits per heavy atom. The van der Waals surface area contributed by atoms with Crippen LogP contribution in [0.25, 0.3) is 0 Å². The van der Waals surface area contributed by atoms with Crippen LogP contribution in [-0.4, -0.2) is 17.4 Å². The largest absolute Gasteiger partial charge is 0.308 e. The molecular weight excluding hydrogens is 255 g/mol. The Kier molecular flexibility index (Phi) is 3.22. The monoisotopic (exact) mass is 270 g/mol. The summed E-state index contributed by atoms with van der Waals surface area (Å²) in [5.74, 6) is -1.02. The average Bonchev–Trinajstić information content (AvgIpc) is 2.47. The minimum Gasteiger partial charge on any atom is -0.308 e. The van der Waals surface area contributed by atoms with Crippen LogP contribution in [0.15, 0.2) is 36.5 Å². The third kappa shape index (κ3) is 2.07. The molecule has 20 heavy (non-hydrogen) atoms. The van der Waals surface area contributed by atoms with E-state index < -0.39 is 5.95 Å². The van der Waals surface area contributed by atoms with Gasteiger partial charge in [0, 0.05) is 12.7 Å². The normalized spacial score (nSPS) is 14.0. The molecule has 1 aromatic carbocycles. The Morgan fingerprint density at radius 1 is 1.30 bits per heavy atom. The van der Waals surface area contributed by atoms with Crippen LogP contribution in [0.3, 0.4) is 0 Å². The summed E-state index contributed by atoms with van der Waals surface area (Å²) in [5, 5.41) is 0. The Bertz CT molecular complexity index is 669. The van der Waals surface area contributed by atoms with Crippen molar-refractivity contribution in [3.63, 3.8) is 0 Å². The van der Waals surface area contributed by atoms with E-state index in [4.69, 9.17) is 0 Å². The standard InChI is InChI=1S/C16H15FN2O/c1-11-5-2-6-12-7-4-10-19(14(11)12)16(20)13-8-3-9-18-15(13)17/h2-3,5-6,8-9H,4,7,10H2,1H3. The van der Waals surface area contributed by atoms with Crippen LogP contribution in [0.1, 0.15) is 27.9 Å². The highest BCUT2D eigenvalue weighted by atomic mass is 19.1. The lowest BCUT2D eigenvalue weighted by atomic mass is 9.97. The van der Waals surface area contributed by atoms with Crippen molar-refractivity contribution in [3.8, 4) is 0 Å². The van der Waals surface area contributed by atoms with Crippen LogP contribution < -0.4 is 4.90 Å². The number of amides is 1. The van der Waals surface area contributed by atoms with Crippen LogP contribution in [0.5, 0.6) is 0 Å². The highest BCUT2D eigenvalue weighted by Crippen LogP contribution is 2.31. The topological polar surface area (TPSA) is 33.2 Å². The molecule has 0 bridgehead atoms. The second kappa shape index (κ2) is 5.04. The molecule has 0 spiro atoms.